The van der Waals surface area contributed by atoms with Crippen molar-refractivity contribution in [1.29, 1.82) is 0 Å². The molecular formula is C12H15BrN2OS2. The molecule has 3 nitrogen and oxygen atoms in total. The normalized spacial score (nSPS) is 14.7. The first-order chi connectivity index (χ1) is 8.47. The van der Waals surface area contributed by atoms with Crippen LogP contribution in [-0.2, 0) is 0 Å². The molecule has 0 saturated carbocycles. The van der Waals surface area contributed by atoms with E-state index in [1.54, 1.807) is 23.1 Å². The fraction of sp³-hybridized carbons (Fsp3) is 0.417. The molecule has 0 aliphatic carbocycles. The van der Waals surface area contributed by atoms with Crippen LogP contribution in [-0.4, -0.2) is 11.0 Å². The van der Waals surface area contributed by atoms with Crippen LogP contribution < -0.4 is 5.73 Å². The Morgan fingerprint density at radius 1 is 1.44 bits per heavy atom. The third-order valence-electron chi connectivity index (χ3n) is 2.59. The van der Waals surface area contributed by atoms with Gasteiger partial charge < -0.3 is 10.2 Å². The Morgan fingerprint density at radius 2 is 2.17 bits per heavy atom. The average Bonchev–Trinajstić information content (AvgIpc) is 2.83. The number of aryl methyl sites for hydroxylation is 2. The van der Waals surface area contributed by atoms with Crippen LogP contribution in [0.1, 0.15) is 28.5 Å². The fourth-order valence-corrected chi connectivity index (χ4v) is 4.31. The third-order valence-corrected chi connectivity index (χ3v) is 5.76. The largest absolute Gasteiger partial charge is 0.437 e. The van der Waals surface area contributed by atoms with Crippen LogP contribution in [0.3, 0.4) is 0 Å². The van der Waals surface area contributed by atoms with E-state index in [9.17, 15) is 0 Å². The molecule has 2 aromatic rings. The Kier molecular flexibility index (Phi) is 4.53. The van der Waals surface area contributed by atoms with E-state index in [4.69, 9.17) is 10.2 Å². The zero-order valence-electron chi connectivity index (χ0n) is 10.4. The van der Waals surface area contributed by atoms with Gasteiger partial charge in [-0.2, -0.15) is 0 Å². The van der Waals surface area contributed by atoms with Crippen molar-refractivity contribution in [3.8, 4) is 0 Å². The minimum atomic E-state index is 0.0352. The van der Waals surface area contributed by atoms with Gasteiger partial charge in [0.15, 0.2) is 0 Å². The molecule has 6 heteroatoms. The van der Waals surface area contributed by atoms with Crippen molar-refractivity contribution in [1.82, 2.24) is 4.98 Å². The topological polar surface area (TPSA) is 52.0 Å². The maximum absolute atomic E-state index is 6.07. The van der Waals surface area contributed by atoms with Gasteiger partial charge in [0.05, 0.1) is 14.7 Å². The molecule has 0 fully saturated rings. The summed E-state index contributed by atoms with van der Waals surface area (Å²) in [6, 6.07) is 4.17. The summed E-state index contributed by atoms with van der Waals surface area (Å²) in [7, 11) is 0. The third kappa shape index (κ3) is 3.17. The molecular weight excluding hydrogens is 332 g/mol. The van der Waals surface area contributed by atoms with Crippen molar-refractivity contribution >= 4 is 39.0 Å². The lowest BCUT2D eigenvalue weighted by Gasteiger charge is -2.16. The van der Waals surface area contributed by atoms with Crippen molar-refractivity contribution in [3.05, 3.63) is 32.3 Å². The van der Waals surface area contributed by atoms with Gasteiger partial charge in [-0.1, -0.05) is 11.8 Å². The van der Waals surface area contributed by atoms with E-state index in [2.05, 4.69) is 27.0 Å². The summed E-state index contributed by atoms with van der Waals surface area (Å²) in [6.07, 6.45) is 0. The van der Waals surface area contributed by atoms with Crippen molar-refractivity contribution in [2.24, 2.45) is 5.73 Å². The Bertz CT molecular complexity index is 516. The SMILES string of the molecule is Cc1nc(SC(c2ccc(Br)s2)C(C)N)oc1C. The summed E-state index contributed by atoms with van der Waals surface area (Å²) in [4.78, 5) is 5.63. The Labute approximate surface area is 123 Å². The molecule has 2 aromatic heterocycles. The van der Waals surface area contributed by atoms with E-state index in [-0.39, 0.29) is 11.3 Å². The number of thiophene rings is 1. The van der Waals surface area contributed by atoms with Crippen molar-refractivity contribution in [2.75, 3.05) is 0 Å². The number of hydrogen-bond donors (Lipinski definition) is 1. The van der Waals surface area contributed by atoms with Gasteiger partial charge in [0.1, 0.15) is 5.76 Å². The van der Waals surface area contributed by atoms with E-state index in [0.717, 1.165) is 15.2 Å². The molecule has 0 saturated heterocycles. The number of rotatable bonds is 4. The summed E-state index contributed by atoms with van der Waals surface area (Å²) in [6.45, 7) is 5.88. The summed E-state index contributed by atoms with van der Waals surface area (Å²) in [5.41, 5.74) is 7.01. The van der Waals surface area contributed by atoms with Gasteiger partial charge in [0, 0.05) is 10.9 Å². The Hall–Kier alpha value is -0.300. The van der Waals surface area contributed by atoms with Crippen LogP contribution >= 0.6 is 39.0 Å². The highest BCUT2D eigenvalue weighted by Gasteiger charge is 2.22. The van der Waals surface area contributed by atoms with Gasteiger partial charge in [0.25, 0.3) is 5.22 Å². The van der Waals surface area contributed by atoms with Crippen LogP contribution in [0, 0.1) is 13.8 Å². The van der Waals surface area contributed by atoms with Gasteiger partial charge in [-0.15, -0.1) is 11.3 Å². The second kappa shape index (κ2) is 5.77. The van der Waals surface area contributed by atoms with Gasteiger partial charge in [-0.05, 0) is 48.8 Å². The lowest BCUT2D eigenvalue weighted by molar-refractivity contribution is 0.429. The van der Waals surface area contributed by atoms with Crippen LogP contribution in [0.15, 0.2) is 25.6 Å². The molecule has 2 heterocycles. The second-order valence-corrected chi connectivity index (χ2v) is 7.75. The van der Waals surface area contributed by atoms with E-state index < -0.39 is 0 Å². The standard InChI is InChI=1S/C12H15BrN2OS2/c1-6(14)11(9-4-5-10(13)17-9)18-12-15-7(2)8(3)16-12/h4-6,11H,14H2,1-3H3. The van der Waals surface area contributed by atoms with Crippen molar-refractivity contribution in [2.45, 2.75) is 37.3 Å². The number of hydrogen-bond acceptors (Lipinski definition) is 5. The summed E-state index contributed by atoms with van der Waals surface area (Å²) >= 11 is 6.77. The van der Waals surface area contributed by atoms with E-state index in [1.807, 2.05) is 26.8 Å². The molecule has 0 aromatic carbocycles. The highest BCUT2D eigenvalue weighted by atomic mass is 79.9. The Morgan fingerprint density at radius 3 is 2.61 bits per heavy atom. The fourth-order valence-electron chi connectivity index (χ4n) is 1.51. The van der Waals surface area contributed by atoms with E-state index in [0.29, 0.717) is 5.22 Å². The van der Waals surface area contributed by atoms with E-state index >= 15 is 0 Å². The number of nitrogens with two attached hydrogens (primary N) is 1. The highest BCUT2D eigenvalue weighted by molar-refractivity contribution is 9.11. The van der Waals surface area contributed by atoms with Gasteiger partial charge in [-0.25, -0.2) is 4.98 Å². The monoisotopic (exact) mass is 346 g/mol. The zero-order chi connectivity index (χ0) is 13.3. The van der Waals surface area contributed by atoms with Crippen molar-refractivity contribution in [3.63, 3.8) is 0 Å². The number of oxazole rings is 1. The second-order valence-electron chi connectivity index (χ2n) is 4.16. The molecule has 0 amide bonds. The predicted octanol–water partition coefficient (Wildman–Crippen LogP) is 4.30. The van der Waals surface area contributed by atoms with Crippen molar-refractivity contribution < 1.29 is 4.42 Å². The van der Waals surface area contributed by atoms with Crippen LogP contribution in [0.4, 0.5) is 0 Å². The predicted molar refractivity (Wildman–Crippen MR) is 80.2 cm³/mol. The number of halogens is 1. The first-order valence-electron chi connectivity index (χ1n) is 5.59. The minimum absolute atomic E-state index is 0.0352. The molecule has 0 aliphatic heterocycles. The highest BCUT2D eigenvalue weighted by Crippen LogP contribution is 2.41. The molecule has 2 rings (SSSR count). The van der Waals surface area contributed by atoms with Crippen LogP contribution in [0.2, 0.25) is 0 Å². The molecule has 2 atom stereocenters. The smallest absolute Gasteiger partial charge is 0.256 e. The molecule has 98 valence electrons. The van der Waals surface area contributed by atoms with Gasteiger partial charge >= 0.3 is 0 Å². The van der Waals surface area contributed by atoms with Crippen LogP contribution in [0.25, 0.3) is 0 Å². The first-order valence-corrected chi connectivity index (χ1v) is 8.08. The summed E-state index contributed by atoms with van der Waals surface area (Å²) in [5, 5.41) is 0.857. The maximum atomic E-state index is 6.07. The number of aromatic nitrogens is 1. The lowest BCUT2D eigenvalue weighted by atomic mass is 10.2. The van der Waals surface area contributed by atoms with Gasteiger partial charge in [-0.3, -0.25) is 0 Å². The Balaban J connectivity index is 2.21. The van der Waals surface area contributed by atoms with E-state index in [1.165, 1.54) is 4.88 Å². The number of nitrogens with zero attached hydrogens (tertiary/aromatic N) is 1. The molecule has 18 heavy (non-hydrogen) atoms. The summed E-state index contributed by atoms with van der Waals surface area (Å²) < 4.78 is 6.73. The number of thioether (sulfide) groups is 1. The molecule has 2 unspecified atom stereocenters. The molecule has 0 radical (unpaired) electrons. The maximum Gasteiger partial charge on any atom is 0.256 e. The molecule has 0 aliphatic rings. The average molecular weight is 347 g/mol. The first kappa shape index (κ1) is 14.1. The zero-order valence-corrected chi connectivity index (χ0v) is 13.7. The lowest BCUT2D eigenvalue weighted by Crippen LogP contribution is -2.21. The minimum Gasteiger partial charge on any atom is -0.437 e. The van der Waals surface area contributed by atoms with Gasteiger partial charge in [0.2, 0.25) is 0 Å². The quantitative estimate of drug-likeness (QED) is 0.838. The molecule has 2 N–H and O–H groups in total. The summed E-state index contributed by atoms with van der Waals surface area (Å²) in [5.74, 6) is 0.869. The molecule has 0 bridgehead atoms. The van der Waals surface area contributed by atoms with Crippen LogP contribution in [0.5, 0.6) is 0 Å². The molecule has 0 spiro atoms.